The fraction of sp³-hybridized carbons (Fsp3) is 0.350. The van der Waals surface area contributed by atoms with Crippen LogP contribution in [0, 0.1) is 0 Å². The molecule has 0 amide bonds. The number of hydrogen-bond acceptors (Lipinski definition) is 4. The van der Waals surface area contributed by atoms with Crippen molar-refractivity contribution >= 4 is 23.0 Å². The Morgan fingerprint density at radius 3 is 2.00 bits per heavy atom. The fourth-order valence-electron chi connectivity index (χ4n) is 2.55. The van der Waals surface area contributed by atoms with Gasteiger partial charge >= 0.3 is 0 Å². The number of hydrogen-bond donors (Lipinski definition) is 2. The van der Waals surface area contributed by atoms with Gasteiger partial charge in [-0.15, -0.1) is 0 Å². The van der Waals surface area contributed by atoms with Gasteiger partial charge in [-0.3, -0.25) is 0 Å². The Hall–Kier alpha value is -2.47. The summed E-state index contributed by atoms with van der Waals surface area (Å²) in [6.07, 6.45) is 0. The molecule has 0 atom stereocenters. The van der Waals surface area contributed by atoms with E-state index in [0.717, 1.165) is 11.3 Å². The zero-order valence-electron chi connectivity index (χ0n) is 15.9. The van der Waals surface area contributed by atoms with Gasteiger partial charge in [-0.2, -0.15) is 0 Å². The minimum Gasteiger partial charge on any atom is -0.493 e. The Balaban J connectivity index is 2.00. The van der Waals surface area contributed by atoms with E-state index in [-0.39, 0.29) is 0 Å². The SMILES string of the molecule is COc1cc(CNC(=S)Nc2ccc(C(C)C)cc2)cc(OC)c1OC. The third-order valence-electron chi connectivity index (χ3n) is 4.01. The minimum atomic E-state index is 0.508. The number of rotatable bonds is 7. The predicted molar refractivity (Wildman–Crippen MR) is 110 cm³/mol. The van der Waals surface area contributed by atoms with E-state index < -0.39 is 0 Å². The number of thiocarbonyl (C=S) groups is 1. The van der Waals surface area contributed by atoms with E-state index >= 15 is 0 Å². The summed E-state index contributed by atoms with van der Waals surface area (Å²) in [5.74, 6) is 2.32. The zero-order chi connectivity index (χ0) is 19.1. The monoisotopic (exact) mass is 374 g/mol. The third kappa shape index (κ3) is 5.02. The molecule has 0 saturated heterocycles. The van der Waals surface area contributed by atoms with Gasteiger partial charge in [0.15, 0.2) is 16.6 Å². The maximum Gasteiger partial charge on any atom is 0.203 e. The molecule has 0 spiro atoms. The molecule has 0 heterocycles. The molecule has 0 unspecified atom stereocenters. The van der Waals surface area contributed by atoms with Gasteiger partial charge in [-0.25, -0.2) is 0 Å². The fourth-order valence-corrected chi connectivity index (χ4v) is 2.74. The third-order valence-corrected chi connectivity index (χ3v) is 4.26. The van der Waals surface area contributed by atoms with Crippen LogP contribution in [0.2, 0.25) is 0 Å². The molecule has 0 aliphatic carbocycles. The summed E-state index contributed by atoms with van der Waals surface area (Å²) in [5.41, 5.74) is 3.22. The van der Waals surface area contributed by atoms with Crippen molar-refractivity contribution in [2.24, 2.45) is 0 Å². The Kier molecular flexibility index (Phi) is 7.09. The van der Waals surface area contributed by atoms with E-state index in [4.69, 9.17) is 26.4 Å². The van der Waals surface area contributed by atoms with Gasteiger partial charge < -0.3 is 24.8 Å². The average Bonchev–Trinajstić information content (AvgIpc) is 2.65. The molecular formula is C20H26N2O3S. The van der Waals surface area contributed by atoms with Crippen LogP contribution in [0.5, 0.6) is 17.2 Å². The van der Waals surface area contributed by atoms with Gasteiger partial charge in [0.05, 0.1) is 21.3 Å². The highest BCUT2D eigenvalue weighted by Crippen LogP contribution is 2.38. The van der Waals surface area contributed by atoms with Crippen molar-refractivity contribution in [3.05, 3.63) is 47.5 Å². The van der Waals surface area contributed by atoms with E-state index in [1.807, 2.05) is 24.3 Å². The lowest BCUT2D eigenvalue weighted by Gasteiger charge is -2.15. The number of ether oxygens (including phenoxy) is 3. The molecule has 0 aliphatic rings. The molecule has 0 aromatic heterocycles. The van der Waals surface area contributed by atoms with Crippen LogP contribution in [0.1, 0.15) is 30.9 Å². The Morgan fingerprint density at radius 2 is 1.54 bits per heavy atom. The first-order valence-corrected chi connectivity index (χ1v) is 8.83. The van der Waals surface area contributed by atoms with E-state index in [1.54, 1.807) is 21.3 Å². The number of methoxy groups -OCH3 is 3. The van der Waals surface area contributed by atoms with E-state index in [1.165, 1.54) is 5.56 Å². The molecule has 2 rings (SSSR count). The van der Waals surface area contributed by atoms with E-state index in [0.29, 0.717) is 34.8 Å². The Morgan fingerprint density at radius 1 is 0.962 bits per heavy atom. The summed E-state index contributed by atoms with van der Waals surface area (Å²) in [6, 6.07) is 12.1. The quantitative estimate of drug-likeness (QED) is 0.704. The van der Waals surface area contributed by atoms with Crippen molar-refractivity contribution in [3.8, 4) is 17.2 Å². The summed E-state index contributed by atoms with van der Waals surface area (Å²) in [7, 11) is 4.78. The van der Waals surface area contributed by atoms with Crippen LogP contribution in [0.25, 0.3) is 0 Å². The van der Waals surface area contributed by atoms with E-state index in [9.17, 15) is 0 Å². The van der Waals surface area contributed by atoms with Crippen LogP contribution in [-0.4, -0.2) is 26.4 Å². The second-order valence-electron chi connectivity index (χ2n) is 6.12. The van der Waals surface area contributed by atoms with Gasteiger partial charge in [0.2, 0.25) is 5.75 Å². The van der Waals surface area contributed by atoms with Crippen LogP contribution in [-0.2, 0) is 6.54 Å². The molecular weight excluding hydrogens is 348 g/mol. The van der Waals surface area contributed by atoms with Crippen molar-refractivity contribution < 1.29 is 14.2 Å². The number of nitrogens with one attached hydrogen (secondary N) is 2. The largest absolute Gasteiger partial charge is 0.493 e. The van der Waals surface area contributed by atoms with Crippen molar-refractivity contribution in [1.82, 2.24) is 5.32 Å². The molecule has 0 aliphatic heterocycles. The van der Waals surface area contributed by atoms with Crippen LogP contribution in [0.15, 0.2) is 36.4 Å². The van der Waals surface area contributed by atoms with E-state index in [2.05, 4.69) is 36.6 Å². The molecule has 26 heavy (non-hydrogen) atoms. The van der Waals surface area contributed by atoms with Crippen LogP contribution < -0.4 is 24.8 Å². The van der Waals surface area contributed by atoms with Gasteiger partial charge in [-0.05, 0) is 53.5 Å². The second kappa shape index (κ2) is 9.29. The number of benzene rings is 2. The summed E-state index contributed by atoms with van der Waals surface area (Å²) >= 11 is 5.38. The number of anilines is 1. The van der Waals surface area contributed by atoms with Gasteiger partial charge in [0.25, 0.3) is 0 Å². The highest BCUT2D eigenvalue weighted by Gasteiger charge is 2.13. The summed E-state index contributed by atoms with van der Waals surface area (Å²) in [5, 5.41) is 6.94. The predicted octanol–water partition coefficient (Wildman–Crippen LogP) is 4.32. The van der Waals surface area contributed by atoms with Crippen molar-refractivity contribution in [2.45, 2.75) is 26.3 Å². The molecule has 140 valence electrons. The van der Waals surface area contributed by atoms with Crippen molar-refractivity contribution in [1.29, 1.82) is 0 Å². The second-order valence-corrected chi connectivity index (χ2v) is 6.53. The highest BCUT2D eigenvalue weighted by molar-refractivity contribution is 7.80. The average molecular weight is 375 g/mol. The lowest BCUT2D eigenvalue weighted by Crippen LogP contribution is -2.27. The first-order valence-electron chi connectivity index (χ1n) is 8.42. The summed E-state index contributed by atoms with van der Waals surface area (Å²) in [6.45, 7) is 4.88. The minimum absolute atomic E-state index is 0.508. The standard InChI is InChI=1S/C20H26N2O3S/c1-13(2)15-6-8-16(9-7-15)22-20(26)21-12-14-10-17(23-3)19(25-5)18(11-14)24-4/h6-11,13H,12H2,1-5H3,(H2,21,22,26). The molecule has 0 radical (unpaired) electrons. The molecule has 2 N–H and O–H groups in total. The van der Waals surface area contributed by atoms with Crippen molar-refractivity contribution in [3.63, 3.8) is 0 Å². The maximum atomic E-state index is 5.38. The Bertz CT molecular complexity index is 720. The van der Waals surface area contributed by atoms with Crippen molar-refractivity contribution in [2.75, 3.05) is 26.6 Å². The van der Waals surface area contributed by atoms with Gasteiger partial charge in [0.1, 0.15) is 0 Å². The molecule has 0 bridgehead atoms. The highest BCUT2D eigenvalue weighted by atomic mass is 32.1. The van der Waals surface area contributed by atoms with Gasteiger partial charge in [-0.1, -0.05) is 26.0 Å². The molecule has 2 aromatic rings. The van der Waals surface area contributed by atoms with Crippen LogP contribution >= 0.6 is 12.2 Å². The normalized spacial score (nSPS) is 10.4. The zero-order valence-corrected chi connectivity index (χ0v) is 16.7. The topological polar surface area (TPSA) is 51.8 Å². The maximum absolute atomic E-state index is 5.38. The first-order chi connectivity index (χ1) is 12.5. The Labute approximate surface area is 160 Å². The smallest absolute Gasteiger partial charge is 0.203 e. The molecule has 0 fully saturated rings. The lowest BCUT2D eigenvalue weighted by atomic mass is 10.0. The summed E-state index contributed by atoms with van der Waals surface area (Å²) < 4.78 is 16.1. The molecule has 6 heteroatoms. The molecule has 2 aromatic carbocycles. The first kappa shape index (κ1) is 19.8. The van der Waals surface area contributed by atoms with Crippen LogP contribution in [0.4, 0.5) is 5.69 Å². The van der Waals surface area contributed by atoms with Crippen LogP contribution in [0.3, 0.4) is 0 Å². The molecule has 0 saturated carbocycles. The van der Waals surface area contributed by atoms with Gasteiger partial charge in [0, 0.05) is 12.2 Å². The summed E-state index contributed by atoms with van der Waals surface area (Å²) in [4.78, 5) is 0. The lowest BCUT2D eigenvalue weighted by molar-refractivity contribution is 0.323. The molecule has 5 nitrogen and oxygen atoms in total.